The van der Waals surface area contributed by atoms with E-state index in [-0.39, 0.29) is 17.3 Å². The second kappa shape index (κ2) is 6.17. The maximum Gasteiger partial charge on any atom is 0.246 e. The van der Waals surface area contributed by atoms with Gasteiger partial charge in [-0.05, 0) is 26.2 Å². The quantitative estimate of drug-likeness (QED) is 0.595. The molecule has 0 aliphatic heterocycles. The number of aromatic nitrogens is 2. The third kappa shape index (κ3) is 3.44. The van der Waals surface area contributed by atoms with Gasteiger partial charge in [0.2, 0.25) is 10.0 Å². The highest BCUT2D eigenvalue weighted by atomic mass is 32.2. The molecule has 0 aromatic carbocycles. The first kappa shape index (κ1) is 14.9. The minimum atomic E-state index is -3.61. The molecule has 0 amide bonds. The molecule has 0 fully saturated rings. The number of nitrogens with one attached hydrogen (secondary N) is 1. The van der Waals surface area contributed by atoms with E-state index in [0.29, 0.717) is 25.1 Å². The number of anilines is 1. The Hall–Kier alpha value is -1.12. The number of sulfonamides is 1. The Bertz CT molecular complexity index is 495. The van der Waals surface area contributed by atoms with Crippen LogP contribution in [0.2, 0.25) is 0 Å². The molecule has 0 aliphatic rings. The molecule has 0 radical (unpaired) electrons. The first-order valence-corrected chi connectivity index (χ1v) is 7.28. The van der Waals surface area contributed by atoms with Crippen molar-refractivity contribution in [2.75, 3.05) is 18.9 Å². The van der Waals surface area contributed by atoms with Crippen LogP contribution in [0, 0.1) is 6.92 Å². The van der Waals surface area contributed by atoms with E-state index in [9.17, 15) is 8.42 Å². The minimum Gasteiger partial charge on any atom is -0.396 e. The van der Waals surface area contributed by atoms with Crippen molar-refractivity contribution >= 4 is 15.8 Å². The summed E-state index contributed by atoms with van der Waals surface area (Å²) in [5.74, 6) is 0.0119. The van der Waals surface area contributed by atoms with Gasteiger partial charge in [-0.2, -0.15) is 5.10 Å². The molecule has 4 N–H and O–H groups in total. The van der Waals surface area contributed by atoms with Gasteiger partial charge in [0, 0.05) is 20.2 Å². The van der Waals surface area contributed by atoms with Crippen LogP contribution < -0.4 is 10.5 Å². The molecule has 1 aromatic heterocycles. The zero-order valence-corrected chi connectivity index (χ0v) is 11.5. The van der Waals surface area contributed by atoms with Crippen molar-refractivity contribution in [2.45, 2.75) is 31.1 Å². The van der Waals surface area contributed by atoms with Gasteiger partial charge < -0.3 is 10.8 Å². The fourth-order valence-corrected chi connectivity index (χ4v) is 3.03. The molecule has 1 heterocycles. The predicted molar refractivity (Wildman–Crippen MR) is 68.5 cm³/mol. The van der Waals surface area contributed by atoms with Gasteiger partial charge >= 0.3 is 0 Å². The molecule has 1 aromatic rings. The number of hydrogen-bond acceptors (Lipinski definition) is 5. The number of unbranched alkanes of at least 4 members (excludes halogenated alkanes) is 2. The molecule has 0 atom stereocenters. The van der Waals surface area contributed by atoms with Gasteiger partial charge in [-0.25, -0.2) is 13.1 Å². The second-order valence-electron chi connectivity index (χ2n) is 4.11. The first-order chi connectivity index (χ1) is 8.40. The van der Waals surface area contributed by atoms with Crippen molar-refractivity contribution in [3.05, 3.63) is 5.69 Å². The first-order valence-electron chi connectivity index (χ1n) is 5.79. The van der Waals surface area contributed by atoms with E-state index in [1.165, 1.54) is 4.68 Å². The van der Waals surface area contributed by atoms with Crippen LogP contribution in [0.3, 0.4) is 0 Å². The van der Waals surface area contributed by atoms with Gasteiger partial charge in [0.05, 0.1) is 5.69 Å². The summed E-state index contributed by atoms with van der Waals surface area (Å²) in [5, 5.41) is 12.5. The zero-order chi connectivity index (χ0) is 13.8. The Morgan fingerprint density at radius 2 is 2.06 bits per heavy atom. The van der Waals surface area contributed by atoms with E-state index in [1.54, 1.807) is 14.0 Å². The maximum atomic E-state index is 12.0. The van der Waals surface area contributed by atoms with Crippen molar-refractivity contribution in [2.24, 2.45) is 7.05 Å². The molecule has 1 rings (SSSR count). The summed E-state index contributed by atoms with van der Waals surface area (Å²) in [6, 6.07) is 0. The van der Waals surface area contributed by atoms with E-state index in [0.717, 1.165) is 6.42 Å². The SMILES string of the molecule is Cc1c(S(=O)(=O)NCCCCCO)c(N)nn1C. The lowest BCUT2D eigenvalue weighted by Gasteiger charge is -2.06. The minimum absolute atomic E-state index is 0.0119. The Morgan fingerprint density at radius 1 is 1.39 bits per heavy atom. The normalized spacial score (nSPS) is 11.9. The molecule has 7 nitrogen and oxygen atoms in total. The lowest BCUT2D eigenvalue weighted by molar-refractivity contribution is 0.283. The number of nitrogens with zero attached hydrogens (tertiary/aromatic N) is 2. The van der Waals surface area contributed by atoms with Crippen molar-refractivity contribution in [1.29, 1.82) is 0 Å². The zero-order valence-electron chi connectivity index (χ0n) is 10.7. The van der Waals surface area contributed by atoms with Gasteiger partial charge in [-0.1, -0.05) is 0 Å². The molecule has 0 bridgehead atoms. The Kier molecular flexibility index (Phi) is 5.12. The average molecular weight is 276 g/mol. The summed E-state index contributed by atoms with van der Waals surface area (Å²) in [6.45, 7) is 2.11. The van der Waals surface area contributed by atoms with E-state index >= 15 is 0 Å². The van der Waals surface area contributed by atoms with Crippen molar-refractivity contribution < 1.29 is 13.5 Å². The Morgan fingerprint density at radius 3 is 2.56 bits per heavy atom. The van der Waals surface area contributed by atoms with Gasteiger partial charge in [0.25, 0.3) is 0 Å². The fraction of sp³-hybridized carbons (Fsp3) is 0.700. The summed E-state index contributed by atoms with van der Waals surface area (Å²) in [7, 11) is -1.96. The number of aliphatic hydroxyl groups is 1. The van der Waals surface area contributed by atoms with Crippen molar-refractivity contribution in [3.8, 4) is 0 Å². The Balaban J connectivity index is 2.69. The van der Waals surface area contributed by atoms with Crippen molar-refractivity contribution in [3.63, 3.8) is 0 Å². The van der Waals surface area contributed by atoms with Crippen LogP contribution in [0.15, 0.2) is 4.90 Å². The van der Waals surface area contributed by atoms with Gasteiger partial charge in [-0.15, -0.1) is 0 Å². The molecule has 0 spiro atoms. The third-order valence-electron chi connectivity index (χ3n) is 2.70. The molecular weight excluding hydrogens is 256 g/mol. The summed E-state index contributed by atoms with van der Waals surface area (Å²) < 4.78 is 28.0. The van der Waals surface area contributed by atoms with Crippen LogP contribution in [0.25, 0.3) is 0 Å². The molecule has 0 aliphatic carbocycles. The summed E-state index contributed by atoms with van der Waals surface area (Å²) in [4.78, 5) is 0.0483. The van der Waals surface area contributed by atoms with E-state index in [2.05, 4.69) is 9.82 Å². The highest BCUT2D eigenvalue weighted by Crippen LogP contribution is 2.20. The Labute approximate surface area is 107 Å². The molecule has 0 saturated heterocycles. The van der Waals surface area contributed by atoms with Gasteiger partial charge in [-0.3, -0.25) is 4.68 Å². The van der Waals surface area contributed by atoms with Crippen LogP contribution in [-0.2, 0) is 17.1 Å². The van der Waals surface area contributed by atoms with E-state index in [1.807, 2.05) is 0 Å². The van der Waals surface area contributed by atoms with Crippen LogP contribution >= 0.6 is 0 Å². The summed E-state index contributed by atoms with van der Waals surface area (Å²) in [5.41, 5.74) is 6.11. The summed E-state index contributed by atoms with van der Waals surface area (Å²) in [6.07, 6.45) is 2.13. The van der Waals surface area contributed by atoms with E-state index < -0.39 is 10.0 Å². The molecule has 0 saturated carbocycles. The standard InChI is InChI=1S/C10H20N4O3S/c1-8-9(10(11)13-14(8)2)18(16,17)12-6-4-3-5-7-15/h12,15H,3-7H2,1-2H3,(H2,11,13). The van der Waals surface area contributed by atoms with Gasteiger partial charge in [0.15, 0.2) is 5.82 Å². The number of nitrogen functional groups attached to an aromatic ring is 1. The lowest BCUT2D eigenvalue weighted by Crippen LogP contribution is -2.26. The summed E-state index contributed by atoms with van der Waals surface area (Å²) >= 11 is 0. The van der Waals surface area contributed by atoms with Gasteiger partial charge in [0.1, 0.15) is 4.90 Å². The predicted octanol–water partition coefficient (Wildman–Crippen LogP) is -0.248. The largest absolute Gasteiger partial charge is 0.396 e. The van der Waals surface area contributed by atoms with Crippen LogP contribution in [0.4, 0.5) is 5.82 Å². The highest BCUT2D eigenvalue weighted by Gasteiger charge is 2.23. The third-order valence-corrected chi connectivity index (χ3v) is 4.33. The maximum absolute atomic E-state index is 12.0. The molecule has 8 heteroatoms. The second-order valence-corrected chi connectivity index (χ2v) is 5.81. The lowest BCUT2D eigenvalue weighted by atomic mass is 10.2. The molecular formula is C10H20N4O3S. The van der Waals surface area contributed by atoms with Crippen LogP contribution in [0.5, 0.6) is 0 Å². The van der Waals surface area contributed by atoms with Crippen LogP contribution in [-0.4, -0.2) is 36.5 Å². The molecule has 18 heavy (non-hydrogen) atoms. The smallest absolute Gasteiger partial charge is 0.246 e. The number of rotatable bonds is 7. The number of aryl methyl sites for hydroxylation is 1. The number of aliphatic hydroxyl groups excluding tert-OH is 1. The number of nitrogens with two attached hydrogens (primary N) is 1. The van der Waals surface area contributed by atoms with E-state index in [4.69, 9.17) is 10.8 Å². The van der Waals surface area contributed by atoms with Crippen LogP contribution in [0.1, 0.15) is 25.0 Å². The van der Waals surface area contributed by atoms with Crippen molar-refractivity contribution in [1.82, 2.24) is 14.5 Å². The highest BCUT2D eigenvalue weighted by molar-refractivity contribution is 7.89. The number of hydrogen-bond donors (Lipinski definition) is 3. The molecule has 104 valence electrons. The monoisotopic (exact) mass is 276 g/mol. The fourth-order valence-electron chi connectivity index (χ4n) is 1.64. The average Bonchev–Trinajstić information content (AvgIpc) is 2.53. The molecule has 0 unspecified atom stereocenters. The topological polar surface area (TPSA) is 110 Å².